The number of aromatic nitrogens is 2. The van der Waals surface area contributed by atoms with Crippen LogP contribution in [0.5, 0.6) is 5.75 Å². The standard InChI is InChI=1S/C25H36N6O6S/c1-5-29(6-2)24-26-17-21(31(7-3)38(4,35)36)22(28-24)27-20(23(32)33)16-18-10-12-19(13-11-18)37-25(34)30-14-8-9-15-30/h10-13,17,20H,5-9,14-16H2,1-4H3,(H,32,33)(H,26,27,28). The SMILES string of the molecule is CCN(CC)c1ncc(N(CC)S(C)(=O)=O)c(NC(Cc2ccc(OC(=O)N3CCCC3)cc2)C(=O)O)n1. The number of anilines is 3. The van der Waals surface area contributed by atoms with Crippen molar-refractivity contribution in [3.8, 4) is 5.75 Å². The van der Waals surface area contributed by atoms with Crippen LogP contribution in [0.15, 0.2) is 30.5 Å². The van der Waals surface area contributed by atoms with Gasteiger partial charge in [-0.05, 0) is 51.3 Å². The third kappa shape index (κ3) is 7.24. The number of amides is 1. The average Bonchev–Trinajstić information content (AvgIpc) is 3.41. The van der Waals surface area contributed by atoms with Crippen molar-refractivity contribution in [2.75, 3.05) is 53.5 Å². The number of sulfonamides is 1. The number of carbonyl (C=O) groups is 2. The van der Waals surface area contributed by atoms with Crippen molar-refractivity contribution in [2.45, 2.75) is 46.1 Å². The topological polar surface area (TPSA) is 145 Å². The number of hydrogen-bond donors (Lipinski definition) is 2. The Labute approximate surface area is 223 Å². The van der Waals surface area contributed by atoms with Crippen molar-refractivity contribution in [2.24, 2.45) is 0 Å². The van der Waals surface area contributed by atoms with E-state index in [2.05, 4.69) is 15.3 Å². The van der Waals surface area contributed by atoms with Crippen LogP contribution in [0.1, 0.15) is 39.2 Å². The summed E-state index contributed by atoms with van der Waals surface area (Å²) < 4.78 is 31.4. The summed E-state index contributed by atoms with van der Waals surface area (Å²) in [6.45, 7) is 8.28. The Morgan fingerprint density at radius 2 is 1.74 bits per heavy atom. The molecule has 2 aromatic rings. The van der Waals surface area contributed by atoms with E-state index in [1.54, 1.807) is 36.1 Å². The number of nitrogens with one attached hydrogen (secondary N) is 1. The Hall–Kier alpha value is -3.61. The first-order valence-corrected chi connectivity index (χ1v) is 14.6. The van der Waals surface area contributed by atoms with E-state index in [0.29, 0.717) is 43.4 Å². The first-order valence-electron chi connectivity index (χ1n) is 12.7. The molecule has 2 N–H and O–H groups in total. The molecule has 1 atom stereocenters. The number of rotatable bonds is 12. The van der Waals surface area contributed by atoms with Gasteiger partial charge in [-0.15, -0.1) is 0 Å². The Kier molecular flexibility index (Phi) is 9.72. The highest BCUT2D eigenvalue weighted by molar-refractivity contribution is 7.92. The Morgan fingerprint density at radius 3 is 2.26 bits per heavy atom. The third-order valence-corrected chi connectivity index (χ3v) is 7.56. The summed E-state index contributed by atoms with van der Waals surface area (Å²) in [5, 5.41) is 12.9. The van der Waals surface area contributed by atoms with E-state index in [4.69, 9.17) is 4.74 Å². The van der Waals surface area contributed by atoms with Crippen LogP contribution in [-0.2, 0) is 21.2 Å². The molecule has 13 heteroatoms. The zero-order valence-corrected chi connectivity index (χ0v) is 23.1. The molecule has 0 aliphatic carbocycles. The summed E-state index contributed by atoms with van der Waals surface area (Å²) >= 11 is 0. The number of ether oxygens (including phenoxy) is 1. The molecule has 1 aliphatic heterocycles. The zero-order valence-electron chi connectivity index (χ0n) is 22.3. The lowest BCUT2D eigenvalue weighted by Gasteiger charge is -2.26. The first-order chi connectivity index (χ1) is 18.1. The lowest BCUT2D eigenvalue weighted by molar-refractivity contribution is -0.137. The molecule has 0 bridgehead atoms. The van der Waals surface area contributed by atoms with Gasteiger partial charge in [-0.2, -0.15) is 4.98 Å². The van der Waals surface area contributed by atoms with Crippen LogP contribution >= 0.6 is 0 Å². The molecule has 1 unspecified atom stereocenters. The predicted molar refractivity (Wildman–Crippen MR) is 145 cm³/mol. The molecule has 1 aliphatic rings. The minimum absolute atomic E-state index is 0.0741. The van der Waals surface area contributed by atoms with Crippen molar-refractivity contribution in [3.05, 3.63) is 36.0 Å². The molecule has 1 aromatic carbocycles. The van der Waals surface area contributed by atoms with Gasteiger partial charge < -0.3 is 25.0 Å². The van der Waals surface area contributed by atoms with E-state index < -0.39 is 28.1 Å². The first kappa shape index (κ1) is 29.0. The Morgan fingerprint density at radius 1 is 1.11 bits per heavy atom. The molecule has 12 nitrogen and oxygen atoms in total. The lowest BCUT2D eigenvalue weighted by atomic mass is 10.1. The van der Waals surface area contributed by atoms with Crippen molar-refractivity contribution in [3.63, 3.8) is 0 Å². The molecule has 38 heavy (non-hydrogen) atoms. The minimum Gasteiger partial charge on any atom is -0.480 e. The third-order valence-electron chi connectivity index (χ3n) is 6.30. The van der Waals surface area contributed by atoms with Gasteiger partial charge in [0.25, 0.3) is 0 Å². The quantitative estimate of drug-likeness (QED) is 0.406. The molecule has 1 amide bonds. The monoisotopic (exact) mass is 548 g/mol. The molecule has 1 saturated heterocycles. The number of likely N-dealkylation sites (tertiary alicyclic amines) is 1. The van der Waals surface area contributed by atoms with Crippen LogP contribution in [-0.4, -0.2) is 85.5 Å². The van der Waals surface area contributed by atoms with E-state index in [1.807, 2.05) is 18.7 Å². The number of carbonyl (C=O) groups excluding carboxylic acids is 1. The summed E-state index contributed by atoms with van der Waals surface area (Å²) in [5.41, 5.74) is 0.849. The fraction of sp³-hybridized carbons (Fsp3) is 0.520. The van der Waals surface area contributed by atoms with Gasteiger partial charge in [0.1, 0.15) is 17.5 Å². The molecule has 0 radical (unpaired) electrons. The summed E-state index contributed by atoms with van der Waals surface area (Å²) in [5.74, 6) is -0.290. The van der Waals surface area contributed by atoms with Crippen molar-refractivity contribution in [1.82, 2.24) is 14.9 Å². The van der Waals surface area contributed by atoms with Crippen LogP contribution in [0.3, 0.4) is 0 Å². The van der Waals surface area contributed by atoms with Crippen LogP contribution in [0, 0.1) is 0 Å². The molecular weight excluding hydrogens is 512 g/mol. The average molecular weight is 549 g/mol. The van der Waals surface area contributed by atoms with Gasteiger partial charge in [-0.3, -0.25) is 4.31 Å². The van der Waals surface area contributed by atoms with E-state index >= 15 is 0 Å². The molecule has 208 valence electrons. The number of hydrogen-bond acceptors (Lipinski definition) is 9. The number of benzene rings is 1. The Balaban J connectivity index is 1.85. The normalized spacial score (nSPS) is 14.2. The largest absolute Gasteiger partial charge is 0.480 e. The number of carboxylic acids is 1. The van der Waals surface area contributed by atoms with Gasteiger partial charge in [0.2, 0.25) is 16.0 Å². The van der Waals surface area contributed by atoms with Gasteiger partial charge in [0.05, 0.1) is 12.5 Å². The number of aliphatic carboxylic acids is 1. The van der Waals surface area contributed by atoms with Gasteiger partial charge in [0.15, 0.2) is 5.82 Å². The highest BCUT2D eigenvalue weighted by Crippen LogP contribution is 2.28. The van der Waals surface area contributed by atoms with Crippen LogP contribution in [0.25, 0.3) is 0 Å². The van der Waals surface area contributed by atoms with Crippen LogP contribution < -0.4 is 19.3 Å². The van der Waals surface area contributed by atoms with E-state index in [-0.39, 0.29) is 24.5 Å². The minimum atomic E-state index is -3.66. The fourth-order valence-corrected chi connectivity index (χ4v) is 5.22. The van der Waals surface area contributed by atoms with Crippen molar-refractivity contribution in [1.29, 1.82) is 0 Å². The highest BCUT2D eigenvalue weighted by Gasteiger charge is 2.26. The Bertz CT molecular complexity index is 1210. The highest BCUT2D eigenvalue weighted by atomic mass is 32.2. The summed E-state index contributed by atoms with van der Waals surface area (Å²) in [6.07, 6.45) is 4.07. The maximum Gasteiger partial charge on any atom is 0.415 e. The molecule has 1 fully saturated rings. The van der Waals surface area contributed by atoms with Crippen LogP contribution in [0.2, 0.25) is 0 Å². The van der Waals surface area contributed by atoms with E-state index in [1.165, 1.54) is 6.20 Å². The summed E-state index contributed by atoms with van der Waals surface area (Å²) in [4.78, 5) is 36.8. The number of carboxylic acid groups (broad SMARTS) is 1. The summed E-state index contributed by atoms with van der Waals surface area (Å²) in [6, 6.07) is 5.52. The van der Waals surface area contributed by atoms with Crippen LogP contribution in [0.4, 0.5) is 22.2 Å². The predicted octanol–water partition coefficient (Wildman–Crippen LogP) is 2.81. The van der Waals surface area contributed by atoms with Crippen molar-refractivity contribution >= 4 is 39.5 Å². The fourth-order valence-electron chi connectivity index (χ4n) is 4.26. The molecular formula is C25H36N6O6S. The maximum absolute atomic E-state index is 12.4. The van der Waals surface area contributed by atoms with E-state index in [0.717, 1.165) is 23.4 Å². The van der Waals surface area contributed by atoms with Gasteiger partial charge in [-0.1, -0.05) is 12.1 Å². The zero-order chi connectivity index (χ0) is 27.9. The number of nitrogens with zero attached hydrogens (tertiary/aromatic N) is 5. The van der Waals surface area contributed by atoms with Gasteiger partial charge in [0, 0.05) is 39.1 Å². The molecule has 0 spiro atoms. The molecule has 3 rings (SSSR count). The molecule has 2 heterocycles. The van der Waals surface area contributed by atoms with Crippen molar-refractivity contribution < 1.29 is 27.9 Å². The summed E-state index contributed by atoms with van der Waals surface area (Å²) in [7, 11) is -3.66. The lowest BCUT2D eigenvalue weighted by Crippen LogP contribution is -2.35. The molecule has 0 saturated carbocycles. The second kappa shape index (κ2) is 12.8. The molecule has 1 aromatic heterocycles. The second-order valence-corrected chi connectivity index (χ2v) is 10.9. The van der Waals surface area contributed by atoms with Gasteiger partial charge >= 0.3 is 12.1 Å². The maximum atomic E-state index is 12.4. The second-order valence-electron chi connectivity index (χ2n) is 8.95. The smallest absolute Gasteiger partial charge is 0.415 e. The van der Waals surface area contributed by atoms with E-state index in [9.17, 15) is 23.1 Å². The van der Waals surface area contributed by atoms with Gasteiger partial charge in [-0.25, -0.2) is 23.0 Å².